The Labute approximate surface area is 130 Å². The van der Waals surface area contributed by atoms with Gasteiger partial charge in [0.2, 0.25) is 5.95 Å². The summed E-state index contributed by atoms with van der Waals surface area (Å²) in [5.74, 6) is 0.351. The van der Waals surface area contributed by atoms with Crippen LogP contribution in [0, 0.1) is 6.92 Å². The first-order valence-electron chi connectivity index (χ1n) is 7.56. The zero-order chi connectivity index (χ0) is 15.9. The van der Waals surface area contributed by atoms with Crippen LogP contribution in [0.5, 0.6) is 0 Å². The number of benzene rings is 1. The van der Waals surface area contributed by atoms with Gasteiger partial charge in [-0.3, -0.25) is 9.78 Å². The van der Waals surface area contributed by atoms with Crippen molar-refractivity contribution < 1.29 is 0 Å². The maximum Gasteiger partial charge on any atom is 0.252 e. The van der Waals surface area contributed by atoms with Crippen LogP contribution < -0.4 is 11.0 Å². The number of hydrogen-bond donors (Lipinski definition) is 2. The fraction of sp³-hybridized carbons (Fsp3) is 0.353. The lowest BCUT2D eigenvalue weighted by atomic mass is 10.0. The van der Waals surface area contributed by atoms with E-state index >= 15 is 0 Å². The molecule has 0 saturated heterocycles. The zero-order valence-corrected chi connectivity index (χ0v) is 13.3. The third-order valence-corrected chi connectivity index (χ3v) is 3.39. The second-order valence-electron chi connectivity index (χ2n) is 5.34. The van der Waals surface area contributed by atoms with Crippen molar-refractivity contribution in [1.29, 1.82) is 0 Å². The summed E-state index contributed by atoms with van der Waals surface area (Å²) in [6.45, 7) is 5.88. The van der Waals surface area contributed by atoms with Gasteiger partial charge in [-0.15, -0.1) is 0 Å². The molecule has 5 heteroatoms. The fourth-order valence-corrected chi connectivity index (χ4v) is 2.13. The van der Waals surface area contributed by atoms with E-state index in [0.29, 0.717) is 11.6 Å². The molecular weight excluding hydrogens is 276 g/mol. The Hall–Kier alpha value is -2.43. The van der Waals surface area contributed by atoms with Crippen LogP contribution in [-0.2, 0) is 6.42 Å². The van der Waals surface area contributed by atoms with E-state index in [-0.39, 0.29) is 5.56 Å². The van der Waals surface area contributed by atoms with Crippen molar-refractivity contribution in [3.63, 3.8) is 0 Å². The van der Waals surface area contributed by atoms with Gasteiger partial charge in [0.1, 0.15) is 0 Å². The molecule has 1 aromatic carbocycles. The lowest BCUT2D eigenvalue weighted by molar-refractivity contribution is 0.795. The highest BCUT2D eigenvalue weighted by atomic mass is 16.1. The van der Waals surface area contributed by atoms with Crippen molar-refractivity contribution in [1.82, 2.24) is 9.97 Å². The monoisotopic (exact) mass is 298 g/mol. The Bertz CT molecular complexity index is 701. The average Bonchev–Trinajstić information content (AvgIpc) is 2.50. The Morgan fingerprint density at radius 3 is 2.68 bits per heavy atom. The van der Waals surface area contributed by atoms with Crippen LogP contribution in [0.25, 0.3) is 0 Å². The number of hydrogen-bond acceptors (Lipinski definition) is 4. The number of unbranched alkanes of at least 4 members (excludes halogenated alkanes) is 1. The SMILES string of the molecule is CCCCc1ccc(C(C)=NNc2nc(C)cc(=O)[nH]2)cc1. The number of rotatable bonds is 6. The average molecular weight is 298 g/mol. The van der Waals surface area contributed by atoms with E-state index in [1.807, 2.05) is 6.92 Å². The predicted octanol–water partition coefficient (Wildman–Crippen LogP) is 3.26. The number of H-pyrrole nitrogens is 1. The summed E-state index contributed by atoms with van der Waals surface area (Å²) in [5, 5.41) is 4.27. The molecule has 2 aromatic rings. The van der Waals surface area contributed by atoms with Gasteiger partial charge < -0.3 is 0 Å². The quantitative estimate of drug-likeness (QED) is 0.635. The second-order valence-corrected chi connectivity index (χ2v) is 5.34. The zero-order valence-electron chi connectivity index (χ0n) is 13.3. The molecule has 2 rings (SSSR count). The topological polar surface area (TPSA) is 70.1 Å². The number of aryl methyl sites for hydroxylation is 2. The molecule has 0 aliphatic carbocycles. The predicted molar refractivity (Wildman–Crippen MR) is 90.5 cm³/mol. The van der Waals surface area contributed by atoms with E-state index in [2.05, 4.69) is 51.7 Å². The highest BCUT2D eigenvalue weighted by Crippen LogP contribution is 2.09. The lowest BCUT2D eigenvalue weighted by Crippen LogP contribution is -2.11. The van der Waals surface area contributed by atoms with Crippen LogP contribution in [0.1, 0.15) is 43.5 Å². The molecule has 0 fully saturated rings. The number of aromatic amines is 1. The highest BCUT2D eigenvalue weighted by Gasteiger charge is 2.00. The first-order chi connectivity index (χ1) is 10.6. The fourth-order valence-electron chi connectivity index (χ4n) is 2.13. The van der Waals surface area contributed by atoms with Crippen LogP contribution in [0.4, 0.5) is 5.95 Å². The van der Waals surface area contributed by atoms with E-state index in [1.54, 1.807) is 6.92 Å². The number of hydrazone groups is 1. The standard InChI is InChI=1S/C17H22N4O/c1-4-5-6-14-7-9-15(10-8-14)13(3)20-21-17-18-12(2)11-16(22)19-17/h7-11H,4-6H2,1-3H3,(H2,18,19,21,22). The Kier molecular flexibility index (Phi) is 5.47. The van der Waals surface area contributed by atoms with Crippen molar-refractivity contribution in [2.45, 2.75) is 40.0 Å². The van der Waals surface area contributed by atoms with Gasteiger partial charge in [0, 0.05) is 11.8 Å². The van der Waals surface area contributed by atoms with Gasteiger partial charge in [0.25, 0.3) is 5.56 Å². The van der Waals surface area contributed by atoms with E-state index < -0.39 is 0 Å². The van der Waals surface area contributed by atoms with Gasteiger partial charge in [-0.25, -0.2) is 10.4 Å². The molecular formula is C17H22N4O. The van der Waals surface area contributed by atoms with Crippen molar-refractivity contribution in [2.24, 2.45) is 5.10 Å². The van der Waals surface area contributed by atoms with E-state index in [0.717, 1.165) is 17.7 Å². The molecule has 0 radical (unpaired) electrons. The Balaban J connectivity index is 2.06. The minimum absolute atomic E-state index is 0.192. The molecule has 0 spiro atoms. The van der Waals surface area contributed by atoms with E-state index in [4.69, 9.17) is 0 Å². The molecule has 1 heterocycles. The molecule has 2 N–H and O–H groups in total. The molecule has 116 valence electrons. The van der Waals surface area contributed by atoms with Gasteiger partial charge in [-0.05, 0) is 37.8 Å². The molecule has 0 amide bonds. The smallest absolute Gasteiger partial charge is 0.252 e. The van der Waals surface area contributed by atoms with Gasteiger partial charge in [-0.1, -0.05) is 37.6 Å². The molecule has 0 saturated carbocycles. The molecule has 22 heavy (non-hydrogen) atoms. The highest BCUT2D eigenvalue weighted by molar-refractivity contribution is 5.99. The lowest BCUT2D eigenvalue weighted by Gasteiger charge is -2.05. The molecule has 0 bridgehead atoms. The summed E-state index contributed by atoms with van der Waals surface area (Å²) < 4.78 is 0. The Morgan fingerprint density at radius 2 is 2.05 bits per heavy atom. The van der Waals surface area contributed by atoms with Gasteiger partial charge in [0.05, 0.1) is 5.71 Å². The first-order valence-corrected chi connectivity index (χ1v) is 7.56. The molecule has 0 atom stereocenters. The van der Waals surface area contributed by atoms with Crippen LogP contribution in [0.2, 0.25) is 0 Å². The molecule has 0 aliphatic rings. The summed E-state index contributed by atoms with van der Waals surface area (Å²) in [4.78, 5) is 18.1. The van der Waals surface area contributed by atoms with Crippen LogP contribution >= 0.6 is 0 Å². The molecule has 1 aromatic heterocycles. The van der Waals surface area contributed by atoms with E-state index in [9.17, 15) is 4.79 Å². The number of anilines is 1. The number of nitrogens with zero attached hydrogens (tertiary/aromatic N) is 2. The third kappa shape index (κ3) is 4.55. The first kappa shape index (κ1) is 15.9. The van der Waals surface area contributed by atoms with Gasteiger partial charge in [-0.2, -0.15) is 5.10 Å². The van der Waals surface area contributed by atoms with Gasteiger partial charge in [0.15, 0.2) is 0 Å². The minimum Gasteiger partial charge on any atom is -0.291 e. The molecule has 0 aliphatic heterocycles. The summed E-state index contributed by atoms with van der Waals surface area (Å²) in [6.07, 6.45) is 3.52. The van der Waals surface area contributed by atoms with Gasteiger partial charge >= 0.3 is 0 Å². The molecule has 5 nitrogen and oxygen atoms in total. The van der Waals surface area contributed by atoms with E-state index in [1.165, 1.54) is 24.5 Å². The largest absolute Gasteiger partial charge is 0.291 e. The van der Waals surface area contributed by atoms with Crippen LogP contribution in [0.15, 0.2) is 40.2 Å². The normalized spacial score (nSPS) is 11.5. The number of nitrogens with one attached hydrogen (secondary N) is 2. The van der Waals surface area contributed by atoms with Crippen molar-refractivity contribution in [3.05, 3.63) is 57.5 Å². The maximum atomic E-state index is 11.4. The summed E-state index contributed by atoms with van der Waals surface area (Å²) in [5.41, 5.74) is 6.48. The summed E-state index contributed by atoms with van der Waals surface area (Å²) in [6, 6.07) is 9.85. The number of aromatic nitrogens is 2. The second kappa shape index (κ2) is 7.54. The molecule has 0 unspecified atom stereocenters. The third-order valence-electron chi connectivity index (χ3n) is 3.39. The maximum absolute atomic E-state index is 11.4. The van der Waals surface area contributed by atoms with Crippen LogP contribution in [0.3, 0.4) is 0 Å². The minimum atomic E-state index is -0.192. The van der Waals surface area contributed by atoms with Crippen LogP contribution in [-0.4, -0.2) is 15.7 Å². The van der Waals surface area contributed by atoms with Crippen molar-refractivity contribution in [2.75, 3.05) is 5.43 Å². The van der Waals surface area contributed by atoms with Crippen molar-refractivity contribution >= 4 is 11.7 Å². The summed E-state index contributed by atoms with van der Waals surface area (Å²) in [7, 11) is 0. The Morgan fingerprint density at radius 1 is 1.32 bits per heavy atom. The van der Waals surface area contributed by atoms with Crippen molar-refractivity contribution in [3.8, 4) is 0 Å². The summed E-state index contributed by atoms with van der Waals surface area (Å²) >= 11 is 0.